The fourth-order valence-corrected chi connectivity index (χ4v) is 1.14. The van der Waals surface area contributed by atoms with Crippen molar-refractivity contribution in [3.63, 3.8) is 0 Å². The lowest BCUT2D eigenvalue weighted by atomic mass is 10.2. The van der Waals surface area contributed by atoms with Gasteiger partial charge in [0.1, 0.15) is 0 Å². The van der Waals surface area contributed by atoms with Crippen LogP contribution in [0.1, 0.15) is 6.42 Å². The molecule has 1 unspecified atom stereocenters. The zero-order valence-electron chi connectivity index (χ0n) is 6.84. The van der Waals surface area contributed by atoms with Gasteiger partial charge in [0.2, 0.25) is 0 Å². The molecule has 0 saturated carbocycles. The second kappa shape index (κ2) is 7.64. The van der Waals surface area contributed by atoms with E-state index in [0.29, 0.717) is 6.54 Å². The molecule has 3 heteroatoms. The van der Waals surface area contributed by atoms with Crippen LogP contribution in [-0.4, -0.2) is 24.6 Å². The van der Waals surface area contributed by atoms with E-state index in [2.05, 4.69) is 18.0 Å². The van der Waals surface area contributed by atoms with E-state index in [1.54, 1.807) is 17.8 Å². The highest BCUT2D eigenvalue weighted by Crippen LogP contribution is 1.99. The van der Waals surface area contributed by atoms with Crippen LogP contribution >= 0.6 is 11.8 Å². The summed E-state index contributed by atoms with van der Waals surface area (Å²) in [6.07, 6.45) is 4.72. The van der Waals surface area contributed by atoms with Crippen molar-refractivity contribution in [2.45, 2.75) is 12.5 Å². The second-order valence-corrected chi connectivity index (χ2v) is 3.15. The van der Waals surface area contributed by atoms with Crippen molar-refractivity contribution in [1.29, 1.82) is 5.26 Å². The molecule has 0 aliphatic carbocycles. The highest BCUT2D eigenvalue weighted by Gasteiger charge is 2.02. The predicted octanol–water partition coefficient (Wildman–Crippen LogP) is 1.41. The molecule has 0 aliphatic rings. The van der Waals surface area contributed by atoms with E-state index in [0.717, 1.165) is 12.2 Å². The second-order valence-electron chi connectivity index (χ2n) is 2.16. The molecule has 62 valence electrons. The van der Waals surface area contributed by atoms with E-state index >= 15 is 0 Å². The van der Waals surface area contributed by atoms with Crippen LogP contribution in [-0.2, 0) is 0 Å². The minimum Gasteiger partial charge on any atom is -0.298 e. The van der Waals surface area contributed by atoms with Gasteiger partial charge in [-0.05, 0) is 18.4 Å². The normalized spacial score (nSPS) is 12.0. The van der Waals surface area contributed by atoms with Gasteiger partial charge in [0, 0.05) is 6.54 Å². The number of nitriles is 1. The number of nitrogens with one attached hydrogen (secondary N) is 1. The molecular weight excluding hydrogens is 156 g/mol. The Bertz CT molecular complexity index is 140. The molecule has 0 aromatic heterocycles. The zero-order chi connectivity index (χ0) is 8.53. The van der Waals surface area contributed by atoms with Crippen LogP contribution in [0.4, 0.5) is 0 Å². The molecule has 0 spiro atoms. The monoisotopic (exact) mass is 170 g/mol. The maximum Gasteiger partial charge on any atom is 0.0963 e. The van der Waals surface area contributed by atoms with Gasteiger partial charge in [-0.3, -0.25) is 5.32 Å². The minimum absolute atomic E-state index is 0.0135. The maximum absolute atomic E-state index is 8.62. The van der Waals surface area contributed by atoms with Gasteiger partial charge < -0.3 is 0 Å². The average Bonchev–Trinajstić information content (AvgIpc) is 2.05. The number of hydrogen-bond acceptors (Lipinski definition) is 3. The molecule has 0 amide bonds. The third kappa shape index (κ3) is 5.96. The molecule has 0 saturated heterocycles. The van der Waals surface area contributed by atoms with E-state index in [1.165, 1.54) is 0 Å². The molecule has 0 aromatic carbocycles. The van der Waals surface area contributed by atoms with Gasteiger partial charge in [-0.2, -0.15) is 17.0 Å². The number of thioether (sulfide) groups is 1. The van der Waals surface area contributed by atoms with Crippen molar-refractivity contribution in [2.75, 3.05) is 18.6 Å². The summed E-state index contributed by atoms with van der Waals surface area (Å²) >= 11 is 1.76. The Morgan fingerprint density at radius 3 is 3.00 bits per heavy atom. The largest absolute Gasteiger partial charge is 0.298 e. The van der Waals surface area contributed by atoms with Crippen LogP contribution in [0.5, 0.6) is 0 Å². The summed E-state index contributed by atoms with van der Waals surface area (Å²) in [5.74, 6) is 1.03. The average molecular weight is 170 g/mol. The number of rotatable bonds is 6. The van der Waals surface area contributed by atoms with Crippen LogP contribution in [0.25, 0.3) is 0 Å². The summed E-state index contributed by atoms with van der Waals surface area (Å²) in [5.41, 5.74) is 0. The Labute approximate surface area is 72.7 Å². The van der Waals surface area contributed by atoms with Crippen LogP contribution in [0.15, 0.2) is 12.7 Å². The molecular formula is C8H14N2S. The van der Waals surface area contributed by atoms with Crippen molar-refractivity contribution < 1.29 is 0 Å². The van der Waals surface area contributed by atoms with Crippen molar-refractivity contribution in [3.05, 3.63) is 12.7 Å². The highest BCUT2D eigenvalue weighted by molar-refractivity contribution is 7.98. The van der Waals surface area contributed by atoms with E-state index in [-0.39, 0.29) is 6.04 Å². The first-order valence-electron chi connectivity index (χ1n) is 3.58. The lowest BCUT2D eigenvalue weighted by Gasteiger charge is -2.07. The quantitative estimate of drug-likeness (QED) is 0.612. The maximum atomic E-state index is 8.62. The summed E-state index contributed by atoms with van der Waals surface area (Å²) in [5, 5.41) is 11.7. The van der Waals surface area contributed by atoms with Crippen molar-refractivity contribution in [1.82, 2.24) is 5.32 Å². The Morgan fingerprint density at radius 2 is 2.55 bits per heavy atom. The Hall–Kier alpha value is -0.460. The van der Waals surface area contributed by atoms with Crippen LogP contribution < -0.4 is 5.32 Å². The number of hydrogen-bond donors (Lipinski definition) is 1. The fourth-order valence-electron chi connectivity index (χ4n) is 0.674. The Morgan fingerprint density at radius 1 is 1.82 bits per heavy atom. The molecule has 0 aliphatic heterocycles. The lowest BCUT2D eigenvalue weighted by Crippen LogP contribution is -2.28. The molecule has 2 nitrogen and oxygen atoms in total. The summed E-state index contributed by atoms with van der Waals surface area (Å²) in [6.45, 7) is 4.28. The first kappa shape index (κ1) is 10.5. The van der Waals surface area contributed by atoms with E-state index in [1.807, 2.05) is 6.26 Å². The minimum atomic E-state index is -0.0135. The molecule has 0 rings (SSSR count). The molecule has 0 heterocycles. The molecule has 0 bridgehead atoms. The summed E-state index contributed by atoms with van der Waals surface area (Å²) in [6, 6.07) is 2.19. The number of nitrogens with zero attached hydrogens (tertiary/aromatic N) is 1. The smallest absolute Gasteiger partial charge is 0.0963 e. The third-order valence-corrected chi connectivity index (χ3v) is 1.92. The van der Waals surface area contributed by atoms with Gasteiger partial charge in [0.05, 0.1) is 12.1 Å². The fraction of sp³-hybridized carbons (Fsp3) is 0.625. The summed E-state index contributed by atoms with van der Waals surface area (Å²) < 4.78 is 0. The molecule has 1 N–H and O–H groups in total. The van der Waals surface area contributed by atoms with Gasteiger partial charge >= 0.3 is 0 Å². The first-order chi connectivity index (χ1) is 5.35. The van der Waals surface area contributed by atoms with E-state index in [9.17, 15) is 0 Å². The van der Waals surface area contributed by atoms with Gasteiger partial charge in [-0.25, -0.2) is 0 Å². The van der Waals surface area contributed by atoms with Gasteiger partial charge in [-0.15, -0.1) is 6.58 Å². The van der Waals surface area contributed by atoms with Gasteiger partial charge in [0.15, 0.2) is 0 Å². The zero-order valence-corrected chi connectivity index (χ0v) is 7.66. The van der Waals surface area contributed by atoms with E-state index in [4.69, 9.17) is 5.26 Å². The van der Waals surface area contributed by atoms with Crippen molar-refractivity contribution in [2.24, 2.45) is 0 Å². The molecule has 0 aromatic rings. The van der Waals surface area contributed by atoms with Crippen molar-refractivity contribution in [3.8, 4) is 6.07 Å². The SMILES string of the molecule is C=CCNC(C#N)CCSC. The lowest BCUT2D eigenvalue weighted by molar-refractivity contribution is 0.632. The highest BCUT2D eigenvalue weighted by atomic mass is 32.2. The standard InChI is InChI=1S/C8H14N2S/c1-3-5-10-8(7-9)4-6-11-2/h3,8,10H,1,4-6H2,2H3. The Balaban J connectivity index is 3.43. The first-order valence-corrected chi connectivity index (χ1v) is 4.97. The van der Waals surface area contributed by atoms with Crippen molar-refractivity contribution >= 4 is 11.8 Å². The Kier molecular flexibility index (Phi) is 7.33. The molecule has 11 heavy (non-hydrogen) atoms. The molecule has 0 fully saturated rings. The predicted molar refractivity (Wildman–Crippen MR) is 50.6 cm³/mol. The summed E-state index contributed by atoms with van der Waals surface area (Å²) in [4.78, 5) is 0. The summed E-state index contributed by atoms with van der Waals surface area (Å²) in [7, 11) is 0. The topological polar surface area (TPSA) is 35.8 Å². The van der Waals surface area contributed by atoms with Crippen LogP contribution in [0.2, 0.25) is 0 Å². The molecule has 1 atom stereocenters. The van der Waals surface area contributed by atoms with Crippen LogP contribution in [0.3, 0.4) is 0 Å². The van der Waals surface area contributed by atoms with Gasteiger partial charge in [0.25, 0.3) is 0 Å². The molecule has 0 radical (unpaired) electrons. The van der Waals surface area contributed by atoms with Gasteiger partial charge in [-0.1, -0.05) is 6.08 Å². The third-order valence-electron chi connectivity index (χ3n) is 1.28. The van der Waals surface area contributed by atoms with E-state index < -0.39 is 0 Å². The van der Waals surface area contributed by atoms with Crippen LogP contribution in [0, 0.1) is 11.3 Å².